The van der Waals surface area contributed by atoms with Gasteiger partial charge in [0.2, 0.25) is 0 Å². The second-order valence-electron chi connectivity index (χ2n) is 7.10. The second-order valence-corrected chi connectivity index (χ2v) is 7.61. The van der Waals surface area contributed by atoms with E-state index in [1.165, 1.54) is 0 Å². The van der Waals surface area contributed by atoms with Crippen molar-refractivity contribution in [3.8, 4) is 11.5 Å². The predicted octanol–water partition coefficient (Wildman–Crippen LogP) is 6.59. The van der Waals surface area contributed by atoms with Crippen molar-refractivity contribution in [3.63, 3.8) is 0 Å². The first-order valence-electron chi connectivity index (χ1n) is 9.61. The molecule has 0 atom stereocenters. The van der Waals surface area contributed by atoms with E-state index in [-0.39, 0.29) is 0 Å². The number of ether oxygens (including phenoxy) is 2. The summed E-state index contributed by atoms with van der Waals surface area (Å²) in [5, 5.41) is 0. The lowest BCUT2D eigenvalue weighted by Gasteiger charge is -2.40. The van der Waals surface area contributed by atoms with Gasteiger partial charge in [-0.25, -0.2) is 0 Å². The van der Waals surface area contributed by atoms with E-state index in [2.05, 4.69) is 61.2 Å². The minimum atomic E-state index is -0.758. The number of benzene rings is 4. The number of para-hydroxylation sites is 2. The highest BCUT2D eigenvalue weighted by molar-refractivity contribution is 7.80. The van der Waals surface area contributed by atoms with Crippen LogP contribution in [0.5, 0.6) is 11.5 Å². The molecule has 0 aromatic heterocycles. The van der Waals surface area contributed by atoms with Gasteiger partial charge in [0.25, 0.3) is 0 Å². The molecule has 142 valence electrons. The van der Waals surface area contributed by atoms with Gasteiger partial charge in [-0.05, 0) is 35.4 Å². The average molecular weight is 397 g/mol. The van der Waals surface area contributed by atoms with E-state index in [9.17, 15) is 0 Å². The van der Waals surface area contributed by atoms with Crippen molar-refractivity contribution in [1.82, 2.24) is 0 Å². The van der Waals surface area contributed by atoms with Gasteiger partial charge in [0, 0.05) is 16.0 Å². The average Bonchev–Trinajstić information content (AvgIpc) is 2.78. The molecule has 0 fully saturated rings. The summed E-state index contributed by atoms with van der Waals surface area (Å²) >= 11 is 4.39. The summed E-state index contributed by atoms with van der Waals surface area (Å²) < 4.78 is 13.1. The molecule has 2 nitrogen and oxygen atoms in total. The molecule has 0 aliphatic carbocycles. The lowest BCUT2D eigenvalue weighted by Crippen LogP contribution is -2.35. The van der Waals surface area contributed by atoms with Crippen LogP contribution in [0.3, 0.4) is 0 Å². The normalized spacial score (nSPS) is 13.8. The summed E-state index contributed by atoms with van der Waals surface area (Å²) in [6.07, 6.45) is 0. The van der Waals surface area contributed by atoms with Gasteiger partial charge in [0.1, 0.15) is 11.5 Å². The van der Waals surface area contributed by atoms with Gasteiger partial charge in [-0.3, -0.25) is 0 Å². The second kappa shape index (κ2) is 7.43. The zero-order valence-electron chi connectivity index (χ0n) is 15.8. The van der Waals surface area contributed by atoms with Crippen molar-refractivity contribution in [2.24, 2.45) is 0 Å². The van der Waals surface area contributed by atoms with Crippen molar-refractivity contribution in [3.05, 3.63) is 125 Å². The molecule has 0 spiro atoms. The van der Waals surface area contributed by atoms with E-state index in [0.717, 1.165) is 38.6 Å². The highest BCUT2D eigenvalue weighted by Gasteiger charge is 2.44. The molecule has 0 saturated heterocycles. The van der Waals surface area contributed by atoms with Crippen LogP contribution in [-0.4, -0.2) is 0 Å². The molecule has 5 rings (SSSR count). The van der Waals surface area contributed by atoms with Crippen molar-refractivity contribution < 1.29 is 9.47 Å². The van der Waals surface area contributed by atoms with E-state index in [0.29, 0.717) is 6.61 Å². The third-order valence-corrected chi connectivity index (χ3v) is 5.62. The number of fused-ring (bicyclic) bond motifs is 2. The lowest BCUT2D eigenvalue weighted by atomic mass is 9.77. The first-order chi connectivity index (χ1) is 14.3. The molecular formula is C26H20O2S. The van der Waals surface area contributed by atoms with E-state index in [1.807, 2.05) is 54.6 Å². The Labute approximate surface area is 176 Å². The summed E-state index contributed by atoms with van der Waals surface area (Å²) in [7, 11) is 0. The standard InChI is InChI=1S/C26H20O2S/c29-21-16-14-19(15-17-21)18-27-26(20-8-2-1-3-9-20)22-10-4-6-12-24(22)28-25-13-7-5-11-23(25)26/h1-17,29H,18H2. The molecule has 0 amide bonds. The maximum Gasteiger partial charge on any atom is 0.151 e. The minimum Gasteiger partial charge on any atom is -0.457 e. The molecular weight excluding hydrogens is 376 g/mol. The molecule has 0 unspecified atom stereocenters. The number of thiol groups is 1. The van der Waals surface area contributed by atoms with Crippen molar-refractivity contribution in [2.75, 3.05) is 0 Å². The molecule has 3 heteroatoms. The molecule has 0 saturated carbocycles. The quantitative estimate of drug-likeness (QED) is 0.392. The fourth-order valence-corrected chi connectivity index (χ4v) is 4.11. The minimum absolute atomic E-state index is 0.464. The van der Waals surface area contributed by atoms with Crippen LogP contribution in [-0.2, 0) is 16.9 Å². The number of hydrogen-bond acceptors (Lipinski definition) is 3. The van der Waals surface area contributed by atoms with Gasteiger partial charge >= 0.3 is 0 Å². The van der Waals surface area contributed by atoms with Gasteiger partial charge in [-0.1, -0.05) is 78.9 Å². The molecule has 4 aromatic rings. The van der Waals surface area contributed by atoms with Crippen LogP contribution < -0.4 is 4.74 Å². The summed E-state index contributed by atoms with van der Waals surface area (Å²) in [6.45, 7) is 0.464. The van der Waals surface area contributed by atoms with Gasteiger partial charge in [0.15, 0.2) is 5.60 Å². The maximum atomic E-state index is 6.83. The third kappa shape index (κ3) is 3.13. The van der Waals surface area contributed by atoms with Gasteiger partial charge < -0.3 is 9.47 Å². The summed E-state index contributed by atoms with van der Waals surface area (Å²) in [6, 6.07) is 34.7. The van der Waals surface area contributed by atoms with Crippen LogP contribution in [0.2, 0.25) is 0 Å². The Kier molecular flexibility index (Phi) is 4.62. The fourth-order valence-electron chi connectivity index (χ4n) is 3.96. The van der Waals surface area contributed by atoms with Crippen LogP contribution in [0.25, 0.3) is 0 Å². The highest BCUT2D eigenvalue weighted by Crippen LogP contribution is 2.52. The fraction of sp³-hybridized carbons (Fsp3) is 0.0769. The highest BCUT2D eigenvalue weighted by atomic mass is 32.1. The summed E-state index contributed by atoms with van der Waals surface area (Å²) in [5.41, 5.74) is 3.44. The van der Waals surface area contributed by atoms with Gasteiger partial charge in [-0.15, -0.1) is 12.6 Å². The number of hydrogen-bond donors (Lipinski definition) is 1. The molecule has 4 aromatic carbocycles. The number of rotatable bonds is 4. The molecule has 1 aliphatic rings. The van der Waals surface area contributed by atoms with Crippen LogP contribution in [0.4, 0.5) is 0 Å². The monoisotopic (exact) mass is 396 g/mol. The smallest absolute Gasteiger partial charge is 0.151 e. The Bertz CT molecular complexity index is 1090. The lowest BCUT2D eigenvalue weighted by molar-refractivity contribution is -0.00592. The summed E-state index contributed by atoms with van der Waals surface area (Å²) in [5.74, 6) is 1.64. The Hall–Kier alpha value is -3.01. The van der Waals surface area contributed by atoms with E-state index in [1.54, 1.807) is 0 Å². The van der Waals surface area contributed by atoms with Crippen molar-refractivity contribution >= 4 is 12.6 Å². The topological polar surface area (TPSA) is 18.5 Å². The molecule has 0 N–H and O–H groups in total. The molecule has 0 bridgehead atoms. The Morgan fingerprint density at radius 2 is 1.21 bits per heavy atom. The van der Waals surface area contributed by atoms with Crippen LogP contribution in [0, 0.1) is 0 Å². The SMILES string of the molecule is Sc1ccc(COC2(c3ccccc3)c3ccccc3Oc3ccccc32)cc1. The predicted molar refractivity (Wildman–Crippen MR) is 118 cm³/mol. The van der Waals surface area contributed by atoms with E-state index in [4.69, 9.17) is 9.47 Å². The van der Waals surface area contributed by atoms with Crippen molar-refractivity contribution in [1.29, 1.82) is 0 Å². The Balaban J connectivity index is 1.71. The largest absolute Gasteiger partial charge is 0.457 e. The first-order valence-corrected chi connectivity index (χ1v) is 10.1. The molecule has 1 heterocycles. The van der Waals surface area contributed by atoms with E-state index >= 15 is 0 Å². The zero-order valence-corrected chi connectivity index (χ0v) is 16.7. The van der Waals surface area contributed by atoms with Gasteiger partial charge in [-0.2, -0.15) is 0 Å². The van der Waals surface area contributed by atoms with Gasteiger partial charge in [0.05, 0.1) is 6.61 Å². The van der Waals surface area contributed by atoms with E-state index < -0.39 is 5.60 Å². The Morgan fingerprint density at radius 3 is 1.83 bits per heavy atom. The molecule has 0 radical (unpaired) electrons. The zero-order chi connectivity index (χ0) is 19.7. The Morgan fingerprint density at radius 1 is 0.655 bits per heavy atom. The third-order valence-electron chi connectivity index (χ3n) is 5.32. The first kappa shape index (κ1) is 18.0. The van der Waals surface area contributed by atoms with Crippen molar-refractivity contribution in [2.45, 2.75) is 17.1 Å². The van der Waals surface area contributed by atoms with Crippen LogP contribution in [0.15, 0.2) is 108 Å². The summed E-state index contributed by atoms with van der Waals surface area (Å²) in [4.78, 5) is 0.938. The van der Waals surface area contributed by atoms with Crippen LogP contribution >= 0.6 is 12.6 Å². The molecule has 1 aliphatic heterocycles. The van der Waals surface area contributed by atoms with Crippen LogP contribution in [0.1, 0.15) is 22.3 Å². The maximum absolute atomic E-state index is 6.83. The molecule has 29 heavy (non-hydrogen) atoms.